The zero-order valence-corrected chi connectivity index (χ0v) is 23.4. The fraction of sp³-hybridized carbons (Fsp3) is 0.480. The van der Waals surface area contributed by atoms with Gasteiger partial charge in [0.25, 0.3) is 0 Å². The average molecular weight is 567 g/mol. The van der Waals surface area contributed by atoms with Gasteiger partial charge in [-0.25, -0.2) is 16.8 Å². The van der Waals surface area contributed by atoms with Gasteiger partial charge in [-0.3, -0.25) is 4.79 Å². The van der Waals surface area contributed by atoms with Crippen molar-refractivity contribution in [1.29, 1.82) is 0 Å². The molecule has 2 heterocycles. The molecule has 38 heavy (non-hydrogen) atoms. The number of anilines is 1. The number of carbonyl (C=O) groups excluding carboxylic acids is 1. The smallest absolute Gasteiger partial charge is 0.243 e. The molecular weight excluding hydrogens is 532 g/mol. The number of amides is 1. The van der Waals surface area contributed by atoms with Gasteiger partial charge in [0.2, 0.25) is 26.0 Å². The van der Waals surface area contributed by atoms with E-state index in [4.69, 9.17) is 9.47 Å². The Kier molecular flexibility index (Phi) is 8.62. The summed E-state index contributed by atoms with van der Waals surface area (Å²) in [6.45, 7) is 2.56. The number of rotatable bonds is 8. The highest BCUT2D eigenvalue weighted by atomic mass is 32.2. The monoisotopic (exact) mass is 566 g/mol. The van der Waals surface area contributed by atoms with Gasteiger partial charge >= 0.3 is 0 Å². The molecular formula is C25H34N4O7S2. The number of piperidine rings is 1. The normalized spacial score (nSPS) is 20.1. The fourth-order valence-corrected chi connectivity index (χ4v) is 7.59. The second kappa shape index (κ2) is 11.6. The topological polar surface area (TPSA) is 126 Å². The van der Waals surface area contributed by atoms with Crippen LogP contribution in [0.1, 0.15) is 12.8 Å². The lowest BCUT2D eigenvalue weighted by molar-refractivity contribution is -0.120. The number of methoxy groups -OCH3 is 2. The number of nitrogens with one attached hydrogen (secondary N) is 1. The van der Waals surface area contributed by atoms with Gasteiger partial charge in [-0.2, -0.15) is 8.61 Å². The summed E-state index contributed by atoms with van der Waals surface area (Å²) in [5.41, 5.74) is 0.451. The van der Waals surface area contributed by atoms with E-state index < -0.39 is 26.0 Å². The molecule has 208 valence electrons. The molecule has 2 aliphatic heterocycles. The van der Waals surface area contributed by atoms with Crippen molar-refractivity contribution in [2.75, 3.05) is 65.9 Å². The van der Waals surface area contributed by atoms with Crippen LogP contribution >= 0.6 is 0 Å². The summed E-state index contributed by atoms with van der Waals surface area (Å²) in [7, 11) is -2.60. The quantitative estimate of drug-likeness (QED) is 0.512. The van der Waals surface area contributed by atoms with Crippen LogP contribution in [0.15, 0.2) is 52.3 Å². The summed E-state index contributed by atoms with van der Waals surface area (Å²) in [4.78, 5) is 15.3. The summed E-state index contributed by atoms with van der Waals surface area (Å²) >= 11 is 0. The lowest BCUT2D eigenvalue weighted by atomic mass is 9.99. The molecule has 2 aromatic rings. The van der Waals surface area contributed by atoms with E-state index in [0.717, 1.165) is 0 Å². The highest BCUT2D eigenvalue weighted by Crippen LogP contribution is 2.32. The molecule has 2 aliphatic rings. The van der Waals surface area contributed by atoms with Gasteiger partial charge in [-0.1, -0.05) is 0 Å². The van der Waals surface area contributed by atoms with E-state index >= 15 is 0 Å². The third-order valence-corrected chi connectivity index (χ3v) is 10.7. The number of hydrogen-bond donors (Lipinski definition) is 1. The number of piperazine rings is 1. The molecule has 2 saturated heterocycles. The number of carbonyl (C=O) groups is 1. The molecule has 1 N–H and O–H groups in total. The predicted octanol–water partition coefficient (Wildman–Crippen LogP) is 1.68. The Balaban J connectivity index is 1.41. The maximum atomic E-state index is 13.3. The van der Waals surface area contributed by atoms with Crippen molar-refractivity contribution in [2.45, 2.75) is 22.6 Å². The number of ether oxygens (including phenoxy) is 2. The predicted molar refractivity (Wildman–Crippen MR) is 142 cm³/mol. The van der Waals surface area contributed by atoms with Crippen molar-refractivity contribution in [1.82, 2.24) is 13.5 Å². The first-order chi connectivity index (χ1) is 18.1. The minimum absolute atomic E-state index is 0.0401. The van der Waals surface area contributed by atoms with Crippen molar-refractivity contribution >= 4 is 31.6 Å². The maximum absolute atomic E-state index is 13.3. The minimum atomic E-state index is -3.85. The second-order valence-electron chi connectivity index (χ2n) is 9.44. The van der Waals surface area contributed by atoms with Crippen LogP contribution in [-0.4, -0.2) is 96.8 Å². The van der Waals surface area contributed by atoms with Crippen molar-refractivity contribution in [3.63, 3.8) is 0 Å². The maximum Gasteiger partial charge on any atom is 0.243 e. The molecule has 2 fully saturated rings. The Morgan fingerprint density at radius 2 is 1.42 bits per heavy atom. The Morgan fingerprint density at radius 1 is 0.816 bits per heavy atom. The number of nitrogens with zero attached hydrogens (tertiary/aromatic N) is 3. The molecule has 11 nitrogen and oxygen atoms in total. The van der Waals surface area contributed by atoms with E-state index in [-0.39, 0.29) is 22.2 Å². The first kappa shape index (κ1) is 28.3. The first-order valence-electron chi connectivity index (χ1n) is 12.4. The highest BCUT2D eigenvalue weighted by Gasteiger charge is 2.34. The summed E-state index contributed by atoms with van der Waals surface area (Å²) in [6, 6.07) is 10.5. The van der Waals surface area contributed by atoms with Crippen LogP contribution in [0.25, 0.3) is 0 Å². The molecule has 2 aromatic carbocycles. The molecule has 1 atom stereocenters. The largest absolute Gasteiger partial charge is 0.493 e. The second-order valence-corrected chi connectivity index (χ2v) is 13.3. The van der Waals surface area contributed by atoms with Gasteiger partial charge in [-0.05, 0) is 56.3 Å². The summed E-state index contributed by atoms with van der Waals surface area (Å²) in [5, 5.41) is 2.81. The van der Waals surface area contributed by atoms with E-state index in [1.54, 1.807) is 12.1 Å². The van der Waals surface area contributed by atoms with Crippen LogP contribution in [0.3, 0.4) is 0 Å². The van der Waals surface area contributed by atoms with E-state index in [1.165, 1.54) is 53.2 Å². The number of benzene rings is 2. The number of hydrogen-bond acceptors (Lipinski definition) is 8. The van der Waals surface area contributed by atoms with Gasteiger partial charge in [0.1, 0.15) is 0 Å². The fourth-order valence-electron chi connectivity index (χ4n) is 4.63. The van der Waals surface area contributed by atoms with E-state index in [0.29, 0.717) is 62.8 Å². The molecule has 13 heteroatoms. The summed E-state index contributed by atoms with van der Waals surface area (Å²) < 4.78 is 65.7. The number of sulfonamides is 2. The van der Waals surface area contributed by atoms with E-state index in [2.05, 4.69) is 10.2 Å². The molecule has 0 aromatic heterocycles. The summed E-state index contributed by atoms with van der Waals surface area (Å²) in [5.74, 6) is -0.137. The van der Waals surface area contributed by atoms with Gasteiger partial charge < -0.3 is 19.7 Å². The van der Waals surface area contributed by atoms with Gasteiger partial charge in [0, 0.05) is 51.0 Å². The number of likely N-dealkylation sites (N-methyl/N-ethyl adjacent to an activating group) is 1. The van der Waals surface area contributed by atoms with Crippen LogP contribution in [0.2, 0.25) is 0 Å². The molecule has 0 aliphatic carbocycles. The zero-order chi connectivity index (χ0) is 27.5. The minimum Gasteiger partial charge on any atom is -0.493 e. The Bertz CT molecular complexity index is 1360. The van der Waals surface area contributed by atoms with Crippen LogP contribution < -0.4 is 14.8 Å². The van der Waals surface area contributed by atoms with E-state index in [1.807, 2.05) is 7.05 Å². The van der Waals surface area contributed by atoms with Crippen molar-refractivity contribution in [3.05, 3.63) is 42.5 Å². The van der Waals surface area contributed by atoms with Crippen molar-refractivity contribution < 1.29 is 31.1 Å². The van der Waals surface area contributed by atoms with Crippen LogP contribution in [0.5, 0.6) is 11.5 Å². The Hall–Kier alpha value is -2.71. The van der Waals surface area contributed by atoms with Gasteiger partial charge in [-0.15, -0.1) is 0 Å². The average Bonchev–Trinajstić information content (AvgIpc) is 2.93. The molecule has 0 saturated carbocycles. The molecule has 0 spiro atoms. The molecule has 0 radical (unpaired) electrons. The third-order valence-electron chi connectivity index (χ3n) is 6.97. The summed E-state index contributed by atoms with van der Waals surface area (Å²) in [6.07, 6.45) is 1.08. The Labute approximate surface area is 224 Å². The zero-order valence-electron chi connectivity index (χ0n) is 21.8. The van der Waals surface area contributed by atoms with Crippen LogP contribution in [-0.2, 0) is 24.8 Å². The highest BCUT2D eigenvalue weighted by molar-refractivity contribution is 7.89. The molecule has 1 amide bonds. The SMILES string of the molecule is COc1ccc(S(=O)(=O)N2CCCC(C(=O)Nc3ccc(S(=O)(=O)N4CCN(C)CC4)cc3)C2)cc1OC. The molecule has 4 rings (SSSR count). The van der Waals surface area contributed by atoms with Crippen LogP contribution in [0, 0.1) is 5.92 Å². The lowest BCUT2D eigenvalue weighted by Gasteiger charge is -2.31. The van der Waals surface area contributed by atoms with Gasteiger partial charge in [0.05, 0.1) is 29.9 Å². The first-order valence-corrected chi connectivity index (χ1v) is 15.3. The third kappa shape index (κ3) is 5.96. The van der Waals surface area contributed by atoms with Gasteiger partial charge in [0.15, 0.2) is 11.5 Å². The molecule has 0 bridgehead atoms. The molecule has 1 unspecified atom stereocenters. The van der Waals surface area contributed by atoms with Crippen LogP contribution in [0.4, 0.5) is 5.69 Å². The van der Waals surface area contributed by atoms with Crippen molar-refractivity contribution in [2.24, 2.45) is 5.92 Å². The standard InChI is InChI=1S/C25H34N4O7S2/c1-27-13-15-28(16-14-27)37(31,32)21-8-6-20(7-9-21)26-25(30)19-5-4-12-29(18-19)38(33,34)22-10-11-23(35-2)24(17-22)36-3/h6-11,17,19H,4-5,12-16,18H2,1-3H3,(H,26,30). The Morgan fingerprint density at radius 3 is 2.05 bits per heavy atom. The van der Waals surface area contributed by atoms with Crippen molar-refractivity contribution in [3.8, 4) is 11.5 Å². The van der Waals surface area contributed by atoms with E-state index in [9.17, 15) is 21.6 Å². The lowest BCUT2D eigenvalue weighted by Crippen LogP contribution is -2.47.